The molecule has 15 heavy (non-hydrogen) atoms. The molecule has 0 amide bonds. The van der Waals surface area contributed by atoms with E-state index in [1.54, 1.807) is 0 Å². The van der Waals surface area contributed by atoms with Gasteiger partial charge in [0.05, 0.1) is 12.4 Å². The summed E-state index contributed by atoms with van der Waals surface area (Å²) in [5, 5.41) is 8.86. The van der Waals surface area contributed by atoms with E-state index in [0.717, 1.165) is 30.6 Å². The summed E-state index contributed by atoms with van der Waals surface area (Å²) in [4.78, 5) is 0. The molecule has 1 saturated carbocycles. The Balaban J connectivity index is 2.06. The summed E-state index contributed by atoms with van der Waals surface area (Å²) in [6, 6.07) is 0. The summed E-state index contributed by atoms with van der Waals surface area (Å²) in [7, 11) is 0. The van der Waals surface area contributed by atoms with Crippen LogP contribution in [0.2, 0.25) is 0 Å². The molecule has 0 aromatic rings. The zero-order valence-electron chi connectivity index (χ0n) is 9.87. The molecule has 1 N–H and O–H groups in total. The first-order valence-electron chi connectivity index (χ1n) is 6.11. The molecule has 0 aliphatic heterocycles. The Morgan fingerprint density at radius 2 is 1.73 bits per heavy atom. The first-order chi connectivity index (χ1) is 7.22. The minimum absolute atomic E-state index is 0.355. The third-order valence-electron chi connectivity index (χ3n) is 3.38. The zero-order chi connectivity index (χ0) is 11.1. The molecule has 0 saturated heterocycles. The molecule has 1 rings (SSSR count). The van der Waals surface area contributed by atoms with Crippen molar-refractivity contribution in [2.24, 2.45) is 11.8 Å². The molecule has 0 aromatic carbocycles. The lowest BCUT2D eigenvalue weighted by Gasteiger charge is -2.28. The van der Waals surface area contributed by atoms with Gasteiger partial charge in [0.25, 0.3) is 0 Å². The van der Waals surface area contributed by atoms with Crippen molar-refractivity contribution in [2.75, 3.05) is 13.2 Å². The molecule has 0 bridgehead atoms. The molecular weight excluding hydrogens is 188 g/mol. The summed E-state index contributed by atoms with van der Waals surface area (Å²) in [5.41, 5.74) is 0. The van der Waals surface area contributed by atoms with Crippen molar-refractivity contribution in [2.45, 2.75) is 45.4 Å². The van der Waals surface area contributed by atoms with Crippen LogP contribution in [-0.4, -0.2) is 18.3 Å². The summed E-state index contributed by atoms with van der Waals surface area (Å²) in [5.74, 6) is 2.43. The number of allylic oxidation sites excluding steroid dienone is 1. The lowest BCUT2D eigenvalue weighted by Crippen LogP contribution is -2.16. The highest BCUT2D eigenvalue weighted by atomic mass is 16.5. The second kappa shape index (κ2) is 6.89. The Kier molecular flexibility index (Phi) is 5.77. The monoisotopic (exact) mass is 212 g/mol. The van der Waals surface area contributed by atoms with Crippen molar-refractivity contribution in [3.63, 3.8) is 0 Å². The van der Waals surface area contributed by atoms with Crippen LogP contribution in [0.15, 0.2) is 12.3 Å². The SMILES string of the molecule is C=C(C)OCCC1CCC(CCO)CC1. The highest BCUT2D eigenvalue weighted by molar-refractivity contribution is 4.75. The second-order valence-electron chi connectivity index (χ2n) is 4.74. The Morgan fingerprint density at radius 1 is 1.20 bits per heavy atom. The van der Waals surface area contributed by atoms with Gasteiger partial charge in [-0.05, 0) is 31.6 Å². The molecule has 2 nitrogen and oxygen atoms in total. The van der Waals surface area contributed by atoms with Crippen molar-refractivity contribution in [1.82, 2.24) is 0 Å². The van der Waals surface area contributed by atoms with Crippen LogP contribution >= 0.6 is 0 Å². The van der Waals surface area contributed by atoms with Gasteiger partial charge in [-0.1, -0.05) is 32.3 Å². The maximum atomic E-state index is 8.86. The number of hydrogen-bond acceptors (Lipinski definition) is 2. The normalized spacial score (nSPS) is 26.3. The summed E-state index contributed by atoms with van der Waals surface area (Å²) < 4.78 is 5.38. The number of aliphatic hydroxyl groups is 1. The van der Waals surface area contributed by atoms with E-state index in [1.807, 2.05) is 6.92 Å². The molecule has 1 fully saturated rings. The third kappa shape index (κ3) is 5.22. The molecule has 0 atom stereocenters. The fraction of sp³-hybridized carbons (Fsp3) is 0.846. The Hall–Kier alpha value is -0.500. The van der Waals surface area contributed by atoms with Crippen molar-refractivity contribution < 1.29 is 9.84 Å². The van der Waals surface area contributed by atoms with Gasteiger partial charge in [0.15, 0.2) is 0 Å². The van der Waals surface area contributed by atoms with Gasteiger partial charge < -0.3 is 9.84 Å². The van der Waals surface area contributed by atoms with Crippen LogP contribution in [-0.2, 0) is 4.74 Å². The highest BCUT2D eigenvalue weighted by Crippen LogP contribution is 2.32. The quantitative estimate of drug-likeness (QED) is 0.685. The molecule has 1 aliphatic carbocycles. The van der Waals surface area contributed by atoms with Crippen LogP contribution in [0, 0.1) is 11.8 Å². The molecule has 0 heterocycles. The predicted octanol–water partition coefficient (Wildman–Crippen LogP) is 3.12. The number of aliphatic hydroxyl groups excluding tert-OH is 1. The average Bonchev–Trinajstić information content (AvgIpc) is 2.20. The van der Waals surface area contributed by atoms with Crippen LogP contribution in [0.5, 0.6) is 0 Å². The minimum Gasteiger partial charge on any atom is -0.499 e. The van der Waals surface area contributed by atoms with E-state index in [4.69, 9.17) is 9.84 Å². The van der Waals surface area contributed by atoms with E-state index < -0.39 is 0 Å². The second-order valence-corrected chi connectivity index (χ2v) is 4.74. The predicted molar refractivity (Wildman–Crippen MR) is 62.5 cm³/mol. The maximum Gasteiger partial charge on any atom is 0.0879 e. The van der Waals surface area contributed by atoms with Crippen LogP contribution in [0.3, 0.4) is 0 Å². The Bertz CT molecular complexity index is 181. The molecule has 88 valence electrons. The fourth-order valence-electron chi connectivity index (χ4n) is 2.39. The molecule has 1 aliphatic rings. The van der Waals surface area contributed by atoms with Crippen LogP contribution in [0.4, 0.5) is 0 Å². The topological polar surface area (TPSA) is 29.5 Å². The molecule has 0 aromatic heterocycles. The van der Waals surface area contributed by atoms with Crippen molar-refractivity contribution >= 4 is 0 Å². The largest absolute Gasteiger partial charge is 0.499 e. The van der Waals surface area contributed by atoms with Crippen LogP contribution < -0.4 is 0 Å². The molecular formula is C13H24O2. The number of hydrogen-bond donors (Lipinski definition) is 1. The van der Waals surface area contributed by atoms with Gasteiger partial charge in [-0.3, -0.25) is 0 Å². The van der Waals surface area contributed by atoms with Crippen molar-refractivity contribution in [3.05, 3.63) is 12.3 Å². The van der Waals surface area contributed by atoms with Gasteiger partial charge in [-0.15, -0.1) is 0 Å². The molecule has 0 radical (unpaired) electrons. The molecule has 2 heteroatoms. The van der Waals surface area contributed by atoms with Gasteiger partial charge >= 0.3 is 0 Å². The number of rotatable bonds is 6. The van der Waals surface area contributed by atoms with Gasteiger partial charge in [-0.2, -0.15) is 0 Å². The van der Waals surface area contributed by atoms with E-state index in [0.29, 0.717) is 6.61 Å². The van der Waals surface area contributed by atoms with Crippen molar-refractivity contribution in [3.8, 4) is 0 Å². The first-order valence-corrected chi connectivity index (χ1v) is 6.11. The summed E-state index contributed by atoms with van der Waals surface area (Å²) >= 11 is 0. The van der Waals surface area contributed by atoms with Crippen LogP contribution in [0.25, 0.3) is 0 Å². The first kappa shape index (κ1) is 12.6. The van der Waals surface area contributed by atoms with E-state index in [2.05, 4.69) is 6.58 Å². The third-order valence-corrected chi connectivity index (χ3v) is 3.38. The van der Waals surface area contributed by atoms with E-state index in [1.165, 1.54) is 32.1 Å². The molecule has 0 spiro atoms. The standard InChI is InChI=1S/C13H24O2/c1-11(2)15-10-8-13-5-3-12(4-6-13)7-9-14/h12-14H,1,3-10H2,2H3. The lowest BCUT2D eigenvalue weighted by molar-refractivity contribution is 0.158. The van der Waals surface area contributed by atoms with Crippen molar-refractivity contribution in [1.29, 1.82) is 0 Å². The average molecular weight is 212 g/mol. The zero-order valence-corrected chi connectivity index (χ0v) is 9.87. The Labute approximate surface area is 93.3 Å². The van der Waals surface area contributed by atoms with E-state index in [9.17, 15) is 0 Å². The molecule has 0 unspecified atom stereocenters. The summed E-state index contributed by atoms with van der Waals surface area (Å²) in [6.45, 7) is 6.80. The summed E-state index contributed by atoms with van der Waals surface area (Å²) in [6.07, 6.45) is 7.36. The van der Waals surface area contributed by atoms with E-state index in [-0.39, 0.29) is 0 Å². The minimum atomic E-state index is 0.355. The van der Waals surface area contributed by atoms with Gasteiger partial charge in [0.1, 0.15) is 0 Å². The smallest absolute Gasteiger partial charge is 0.0879 e. The van der Waals surface area contributed by atoms with Gasteiger partial charge in [0.2, 0.25) is 0 Å². The maximum absolute atomic E-state index is 8.86. The fourth-order valence-corrected chi connectivity index (χ4v) is 2.39. The lowest BCUT2D eigenvalue weighted by atomic mass is 9.79. The highest BCUT2D eigenvalue weighted by Gasteiger charge is 2.20. The van der Waals surface area contributed by atoms with Gasteiger partial charge in [-0.25, -0.2) is 0 Å². The van der Waals surface area contributed by atoms with E-state index >= 15 is 0 Å². The number of ether oxygens (including phenoxy) is 1. The van der Waals surface area contributed by atoms with Crippen LogP contribution in [0.1, 0.15) is 45.4 Å². The Morgan fingerprint density at radius 3 is 2.20 bits per heavy atom. The van der Waals surface area contributed by atoms with Gasteiger partial charge in [0, 0.05) is 6.61 Å².